The number of nitrogens with zero attached hydrogens (tertiary/aromatic N) is 1. The SMILES string of the molecule is CC#C[C@]1(O)CC[C@H]2[C@H]3CCC4=CC(=O)CCC4=C3[C@@H](c3ccc(N(C)C)cc3)C[C@@]21C. The first-order valence-electron chi connectivity index (χ1n) is 12.2. The van der Waals surface area contributed by atoms with Crippen LogP contribution in [0.5, 0.6) is 0 Å². The molecule has 2 fully saturated rings. The molecule has 168 valence electrons. The zero-order chi connectivity index (χ0) is 22.7. The maximum absolute atomic E-state index is 12.2. The van der Waals surface area contributed by atoms with Crippen LogP contribution in [-0.2, 0) is 4.79 Å². The van der Waals surface area contributed by atoms with Gasteiger partial charge in [0.15, 0.2) is 5.78 Å². The van der Waals surface area contributed by atoms with Crippen molar-refractivity contribution in [1.29, 1.82) is 0 Å². The summed E-state index contributed by atoms with van der Waals surface area (Å²) in [5.74, 6) is 7.76. The Kier molecular flexibility index (Phi) is 5.13. The predicted molar refractivity (Wildman–Crippen MR) is 129 cm³/mol. The van der Waals surface area contributed by atoms with Crippen LogP contribution in [0.15, 0.2) is 47.1 Å². The minimum absolute atomic E-state index is 0.221. The van der Waals surface area contributed by atoms with E-state index in [1.807, 2.05) is 13.0 Å². The molecule has 3 heteroatoms. The van der Waals surface area contributed by atoms with Crippen molar-refractivity contribution in [3.05, 3.63) is 52.6 Å². The molecule has 2 saturated carbocycles. The lowest BCUT2D eigenvalue weighted by Crippen LogP contribution is -2.51. The Labute approximate surface area is 192 Å². The topological polar surface area (TPSA) is 40.5 Å². The molecule has 1 aromatic carbocycles. The van der Waals surface area contributed by atoms with E-state index in [0.29, 0.717) is 18.3 Å². The first kappa shape index (κ1) is 21.5. The van der Waals surface area contributed by atoms with Gasteiger partial charge in [-0.1, -0.05) is 30.6 Å². The second kappa shape index (κ2) is 7.63. The summed E-state index contributed by atoms with van der Waals surface area (Å²) in [6.07, 6.45) is 8.23. The quantitative estimate of drug-likeness (QED) is 0.640. The van der Waals surface area contributed by atoms with Gasteiger partial charge in [0.25, 0.3) is 0 Å². The zero-order valence-electron chi connectivity index (χ0n) is 19.9. The van der Waals surface area contributed by atoms with Gasteiger partial charge >= 0.3 is 0 Å². The highest BCUT2D eigenvalue weighted by Gasteiger charge is 2.62. The number of benzene rings is 1. The third-order valence-corrected chi connectivity index (χ3v) is 9.03. The summed E-state index contributed by atoms with van der Waals surface area (Å²) in [6.45, 7) is 4.15. The molecule has 0 radical (unpaired) electrons. The minimum Gasteiger partial charge on any atom is -0.378 e. The van der Waals surface area contributed by atoms with Gasteiger partial charge in [-0.2, -0.15) is 0 Å². The largest absolute Gasteiger partial charge is 0.378 e. The average molecular weight is 430 g/mol. The summed E-state index contributed by atoms with van der Waals surface area (Å²) in [5, 5.41) is 11.7. The molecule has 0 saturated heterocycles. The van der Waals surface area contributed by atoms with Crippen LogP contribution < -0.4 is 4.90 Å². The number of aliphatic hydroxyl groups is 1. The number of carbonyl (C=O) groups is 1. The summed E-state index contributed by atoms with van der Waals surface area (Å²) in [4.78, 5) is 14.3. The van der Waals surface area contributed by atoms with Crippen LogP contribution in [0.4, 0.5) is 5.69 Å². The van der Waals surface area contributed by atoms with Gasteiger partial charge in [0.1, 0.15) is 5.60 Å². The van der Waals surface area contributed by atoms with Crippen molar-refractivity contribution in [2.45, 2.75) is 70.3 Å². The van der Waals surface area contributed by atoms with Crippen molar-refractivity contribution in [2.75, 3.05) is 19.0 Å². The molecule has 1 aromatic rings. The maximum atomic E-state index is 12.2. The van der Waals surface area contributed by atoms with Crippen molar-refractivity contribution >= 4 is 11.5 Å². The smallest absolute Gasteiger partial charge is 0.156 e. The number of ketones is 1. The highest BCUT2D eigenvalue weighted by atomic mass is 16.3. The van der Waals surface area contributed by atoms with Crippen LogP contribution in [0.2, 0.25) is 0 Å². The third-order valence-electron chi connectivity index (χ3n) is 9.03. The van der Waals surface area contributed by atoms with Crippen LogP contribution in [-0.4, -0.2) is 30.6 Å². The predicted octanol–water partition coefficient (Wildman–Crippen LogP) is 5.41. The Morgan fingerprint density at radius 3 is 2.53 bits per heavy atom. The Bertz CT molecular complexity index is 1070. The lowest BCUT2D eigenvalue weighted by molar-refractivity contribution is -0.114. The van der Waals surface area contributed by atoms with Gasteiger partial charge in [-0.15, -0.1) is 5.92 Å². The first-order chi connectivity index (χ1) is 15.3. The van der Waals surface area contributed by atoms with Gasteiger partial charge in [0, 0.05) is 37.5 Å². The molecule has 0 spiro atoms. The molecule has 0 bridgehead atoms. The van der Waals surface area contributed by atoms with E-state index in [4.69, 9.17) is 0 Å². The number of hydrogen-bond donors (Lipinski definition) is 1. The Hall–Kier alpha value is -2.31. The van der Waals surface area contributed by atoms with E-state index in [2.05, 4.69) is 62.0 Å². The number of anilines is 1. The first-order valence-corrected chi connectivity index (χ1v) is 12.2. The molecule has 0 amide bonds. The lowest BCUT2D eigenvalue weighted by atomic mass is 9.51. The maximum Gasteiger partial charge on any atom is 0.156 e. The van der Waals surface area contributed by atoms with E-state index in [1.54, 1.807) is 5.57 Å². The molecule has 1 N–H and O–H groups in total. The van der Waals surface area contributed by atoms with Crippen molar-refractivity contribution in [1.82, 2.24) is 0 Å². The number of carbonyl (C=O) groups excluding carboxylic acids is 1. The summed E-state index contributed by atoms with van der Waals surface area (Å²) in [5.41, 5.74) is 5.71. The van der Waals surface area contributed by atoms with E-state index >= 15 is 0 Å². The molecular formula is C29H35NO2. The molecule has 0 aliphatic heterocycles. The van der Waals surface area contributed by atoms with E-state index in [1.165, 1.54) is 22.4 Å². The monoisotopic (exact) mass is 429 g/mol. The average Bonchev–Trinajstić information content (AvgIpc) is 3.03. The van der Waals surface area contributed by atoms with E-state index < -0.39 is 5.60 Å². The van der Waals surface area contributed by atoms with Crippen molar-refractivity contribution < 1.29 is 9.90 Å². The third kappa shape index (κ3) is 3.11. The van der Waals surface area contributed by atoms with E-state index in [9.17, 15) is 9.90 Å². The number of fused-ring (bicyclic) bond motifs is 4. The Morgan fingerprint density at radius 1 is 1.09 bits per heavy atom. The molecule has 32 heavy (non-hydrogen) atoms. The lowest BCUT2D eigenvalue weighted by Gasteiger charge is -2.53. The van der Waals surface area contributed by atoms with Crippen molar-refractivity contribution in [2.24, 2.45) is 17.3 Å². The van der Waals surface area contributed by atoms with E-state index in [0.717, 1.165) is 38.5 Å². The fourth-order valence-electron chi connectivity index (χ4n) is 7.38. The Morgan fingerprint density at radius 2 is 1.84 bits per heavy atom. The van der Waals surface area contributed by atoms with E-state index in [-0.39, 0.29) is 17.1 Å². The molecular weight excluding hydrogens is 394 g/mol. The van der Waals surface area contributed by atoms with Gasteiger partial charge in [-0.05, 0) is 92.2 Å². The molecule has 4 aliphatic carbocycles. The summed E-state index contributed by atoms with van der Waals surface area (Å²) >= 11 is 0. The van der Waals surface area contributed by atoms with Crippen LogP contribution in [0.25, 0.3) is 0 Å². The molecule has 0 unspecified atom stereocenters. The molecule has 3 nitrogen and oxygen atoms in total. The number of allylic oxidation sites excluding steroid dienone is 4. The zero-order valence-corrected chi connectivity index (χ0v) is 19.9. The van der Waals surface area contributed by atoms with Crippen LogP contribution >= 0.6 is 0 Å². The molecule has 0 heterocycles. The highest BCUT2D eigenvalue weighted by Crippen LogP contribution is 2.66. The molecule has 4 aliphatic rings. The summed E-state index contributed by atoms with van der Waals surface area (Å²) < 4.78 is 0. The minimum atomic E-state index is -0.914. The molecule has 5 rings (SSSR count). The van der Waals surface area contributed by atoms with Crippen LogP contribution in [0.1, 0.15) is 70.3 Å². The van der Waals surface area contributed by atoms with Gasteiger partial charge in [0.05, 0.1) is 0 Å². The molecule has 5 atom stereocenters. The number of hydrogen-bond acceptors (Lipinski definition) is 3. The summed E-state index contributed by atoms with van der Waals surface area (Å²) in [6, 6.07) is 8.97. The number of rotatable bonds is 2. The fraction of sp³-hybridized carbons (Fsp3) is 0.552. The van der Waals surface area contributed by atoms with Crippen molar-refractivity contribution in [3.8, 4) is 11.8 Å². The Balaban J connectivity index is 1.67. The highest BCUT2D eigenvalue weighted by molar-refractivity contribution is 5.93. The second-order valence-corrected chi connectivity index (χ2v) is 10.8. The van der Waals surface area contributed by atoms with Crippen LogP contribution in [0, 0.1) is 29.1 Å². The molecule has 0 aromatic heterocycles. The second-order valence-electron chi connectivity index (χ2n) is 10.8. The van der Waals surface area contributed by atoms with Crippen LogP contribution in [0.3, 0.4) is 0 Å². The fourth-order valence-corrected chi connectivity index (χ4v) is 7.38. The van der Waals surface area contributed by atoms with Gasteiger partial charge < -0.3 is 10.0 Å². The van der Waals surface area contributed by atoms with Gasteiger partial charge in [-0.25, -0.2) is 0 Å². The normalized spacial score (nSPS) is 35.8. The van der Waals surface area contributed by atoms with Crippen molar-refractivity contribution in [3.63, 3.8) is 0 Å². The van der Waals surface area contributed by atoms with Gasteiger partial charge in [0.2, 0.25) is 0 Å². The summed E-state index contributed by atoms with van der Waals surface area (Å²) in [7, 11) is 4.14. The van der Waals surface area contributed by atoms with Gasteiger partial charge in [-0.3, -0.25) is 4.79 Å². The standard InChI is InChI=1S/C29H35NO2/c1-5-15-29(32)16-14-26-24-12-8-20-17-22(31)11-13-23(20)27(24)25(18-28(26,29)2)19-6-9-21(10-7-19)30(3)4/h6-7,9-10,17,24-26,32H,8,11-14,16,18H2,1-4H3/t24-,25-,26+,28+,29+/m1/s1.